The average molecular weight is 410 g/mol. The molecule has 0 radical (unpaired) electrons. The summed E-state index contributed by atoms with van der Waals surface area (Å²) < 4.78 is 12.1. The quantitative estimate of drug-likeness (QED) is 0.641. The summed E-state index contributed by atoms with van der Waals surface area (Å²) in [6.07, 6.45) is 3.35. The topological polar surface area (TPSA) is 80.7 Å². The average Bonchev–Trinajstić information content (AvgIpc) is 3.20. The summed E-state index contributed by atoms with van der Waals surface area (Å²) in [5.41, 5.74) is 3.57. The molecule has 2 heterocycles. The van der Waals surface area contributed by atoms with Gasteiger partial charge in [0.2, 0.25) is 0 Å². The van der Waals surface area contributed by atoms with Gasteiger partial charge in [0.1, 0.15) is 22.5 Å². The number of carbonyl (C=O) groups is 1. The molecule has 6 nitrogen and oxygen atoms in total. The van der Waals surface area contributed by atoms with Crippen molar-refractivity contribution < 1.29 is 19.4 Å². The minimum Gasteiger partial charge on any atom is -0.485 e. The number of carbonyl (C=O) groups excluding carboxylic acids is 1. The molecule has 0 spiro atoms. The second-order valence-corrected chi connectivity index (χ2v) is 7.84. The highest BCUT2D eigenvalue weighted by Crippen LogP contribution is 2.38. The Bertz CT molecular complexity index is 1020. The van der Waals surface area contributed by atoms with Crippen LogP contribution >= 0.6 is 11.3 Å². The van der Waals surface area contributed by atoms with Gasteiger partial charge < -0.3 is 19.9 Å². The molecule has 0 fully saturated rings. The molecule has 0 aliphatic carbocycles. The van der Waals surface area contributed by atoms with Crippen molar-refractivity contribution in [2.75, 3.05) is 13.2 Å². The highest BCUT2D eigenvalue weighted by molar-refractivity contribution is 7.15. The molecule has 1 atom stereocenters. The Morgan fingerprint density at radius 1 is 1.34 bits per heavy atom. The number of hydrogen-bond acceptors (Lipinski definition) is 6. The Balaban J connectivity index is 1.44. The van der Waals surface area contributed by atoms with Crippen LogP contribution in [0.3, 0.4) is 0 Å². The molecule has 3 aromatic rings. The van der Waals surface area contributed by atoms with Gasteiger partial charge in [-0.05, 0) is 54.7 Å². The zero-order valence-electron chi connectivity index (χ0n) is 16.1. The van der Waals surface area contributed by atoms with Gasteiger partial charge in [0, 0.05) is 6.54 Å². The van der Waals surface area contributed by atoms with Gasteiger partial charge in [0.15, 0.2) is 0 Å². The zero-order chi connectivity index (χ0) is 20.2. The Hall–Kier alpha value is -2.90. The molecule has 1 aliphatic rings. The van der Waals surface area contributed by atoms with Crippen LogP contribution in [0.4, 0.5) is 0 Å². The van der Waals surface area contributed by atoms with Crippen LogP contribution in [0.1, 0.15) is 38.9 Å². The van der Waals surface area contributed by atoms with E-state index in [-0.39, 0.29) is 25.2 Å². The molecule has 0 saturated heterocycles. The number of aliphatic hydroxyl groups excluding tert-OH is 1. The number of aryl methyl sites for hydroxylation is 2. The highest BCUT2D eigenvalue weighted by atomic mass is 32.1. The summed E-state index contributed by atoms with van der Waals surface area (Å²) in [5, 5.41) is 11.8. The van der Waals surface area contributed by atoms with Crippen LogP contribution in [0.15, 0.2) is 48.7 Å². The summed E-state index contributed by atoms with van der Waals surface area (Å²) in [6, 6.07) is 14.1. The van der Waals surface area contributed by atoms with Gasteiger partial charge in [-0.15, -0.1) is 0 Å². The molecule has 150 valence electrons. The van der Waals surface area contributed by atoms with E-state index in [2.05, 4.69) is 29.4 Å². The van der Waals surface area contributed by atoms with Crippen LogP contribution in [-0.4, -0.2) is 29.1 Å². The van der Waals surface area contributed by atoms with Crippen LogP contribution < -0.4 is 14.8 Å². The number of fused-ring (bicyclic) bond motifs is 1. The van der Waals surface area contributed by atoms with Gasteiger partial charge in [0.05, 0.1) is 12.8 Å². The summed E-state index contributed by atoms with van der Waals surface area (Å²) in [7, 11) is 0. The molecular weight excluding hydrogens is 388 g/mol. The smallest absolute Gasteiger partial charge is 0.279 e. The molecule has 1 amide bonds. The third-order valence-corrected chi connectivity index (χ3v) is 5.70. The fraction of sp³-hybridized carbons (Fsp3) is 0.273. The van der Waals surface area contributed by atoms with Crippen LogP contribution in [0.5, 0.6) is 16.7 Å². The van der Waals surface area contributed by atoms with Crippen molar-refractivity contribution in [2.45, 2.75) is 25.9 Å². The fourth-order valence-corrected chi connectivity index (χ4v) is 4.06. The largest absolute Gasteiger partial charge is 0.485 e. The lowest BCUT2D eigenvalue weighted by atomic mass is 9.95. The van der Waals surface area contributed by atoms with Gasteiger partial charge in [-0.2, -0.15) is 0 Å². The predicted molar refractivity (Wildman–Crippen MR) is 111 cm³/mol. The van der Waals surface area contributed by atoms with E-state index in [0.29, 0.717) is 15.8 Å². The Morgan fingerprint density at radius 2 is 2.21 bits per heavy atom. The second kappa shape index (κ2) is 8.63. The van der Waals surface area contributed by atoms with E-state index in [1.165, 1.54) is 17.3 Å². The summed E-state index contributed by atoms with van der Waals surface area (Å²) in [6.45, 7) is 2.22. The van der Waals surface area contributed by atoms with E-state index in [0.717, 1.165) is 35.5 Å². The third-order valence-electron chi connectivity index (χ3n) is 4.82. The van der Waals surface area contributed by atoms with Crippen LogP contribution in [0.25, 0.3) is 0 Å². The molecule has 0 unspecified atom stereocenters. The van der Waals surface area contributed by atoms with E-state index in [4.69, 9.17) is 14.6 Å². The standard InChI is InChI=1S/C22H22N2O4S/c1-14-4-2-3-5-17(14)19-8-6-15-12-16(7-9-18(15)28-19)27-22-24-13-20(29-22)21(26)23-10-11-25/h2-5,7,9,12-13,19,25H,6,8,10-11H2,1H3,(H,23,26)/t19-/m1/s1. The number of aromatic nitrogens is 1. The van der Waals surface area contributed by atoms with Crippen LogP contribution in [-0.2, 0) is 6.42 Å². The minimum atomic E-state index is -0.271. The van der Waals surface area contributed by atoms with E-state index in [9.17, 15) is 4.79 Å². The van der Waals surface area contributed by atoms with Crippen LogP contribution in [0, 0.1) is 6.92 Å². The SMILES string of the molecule is Cc1ccccc1[C@H]1CCc2cc(Oc3ncc(C(=O)NCCO)s3)ccc2O1. The molecule has 4 rings (SSSR count). The van der Waals surface area contributed by atoms with Crippen LogP contribution in [0.2, 0.25) is 0 Å². The summed E-state index contributed by atoms with van der Waals surface area (Å²) >= 11 is 1.16. The van der Waals surface area contributed by atoms with Gasteiger partial charge in [-0.3, -0.25) is 4.79 Å². The second-order valence-electron chi connectivity index (χ2n) is 6.84. The molecule has 7 heteroatoms. The molecule has 1 aromatic heterocycles. The molecule has 1 aliphatic heterocycles. The zero-order valence-corrected chi connectivity index (χ0v) is 16.9. The first-order chi connectivity index (χ1) is 14.1. The Kier molecular flexibility index (Phi) is 5.78. The Morgan fingerprint density at radius 3 is 3.03 bits per heavy atom. The number of nitrogens with zero attached hydrogens (tertiary/aromatic N) is 1. The predicted octanol–water partition coefficient (Wildman–Crippen LogP) is 4.03. The number of ether oxygens (including phenoxy) is 2. The number of benzene rings is 2. The van der Waals surface area contributed by atoms with Gasteiger partial charge in [-0.25, -0.2) is 4.98 Å². The first kappa shape index (κ1) is 19.4. The lowest BCUT2D eigenvalue weighted by Gasteiger charge is -2.27. The van der Waals surface area contributed by atoms with Crippen molar-refractivity contribution in [3.63, 3.8) is 0 Å². The first-order valence-corrected chi connectivity index (χ1v) is 10.3. The number of thiazole rings is 1. The lowest BCUT2D eigenvalue weighted by Crippen LogP contribution is -2.25. The molecule has 2 aromatic carbocycles. The molecule has 2 N–H and O–H groups in total. The minimum absolute atomic E-state index is 0.0643. The molecule has 0 saturated carbocycles. The van der Waals surface area contributed by atoms with E-state index < -0.39 is 0 Å². The van der Waals surface area contributed by atoms with Crippen molar-refractivity contribution in [2.24, 2.45) is 0 Å². The number of nitrogens with one attached hydrogen (secondary N) is 1. The number of rotatable bonds is 6. The Labute approximate surface area is 173 Å². The number of aliphatic hydroxyl groups is 1. The van der Waals surface area contributed by atoms with Crippen molar-refractivity contribution in [3.05, 3.63) is 70.2 Å². The third kappa shape index (κ3) is 4.41. The van der Waals surface area contributed by atoms with Crippen molar-refractivity contribution in [1.82, 2.24) is 10.3 Å². The summed E-state index contributed by atoms with van der Waals surface area (Å²) in [5.74, 6) is 1.27. The molecular formula is C22H22N2O4S. The maximum Gasteiger partial charge on any atom is 0.279 e. The highest BCUT2D eigenvalue weighted by Gasteiger charge is 2.23. The fourth-order valence-electron chi connectivity index (χ4n) is 3.36. The lowest BCUT2D eigenvalue weighted by molar-refractivity contribution is 0.0948. The number of amides is 1. The molecule has 29 heavy (non-hydrogen) atoms. The first-order valence-electron chi connectivity index (χ1n) is 9.52. The number of hydrogen-bond donors (Lipinski definition) is 2. The maximum atomic E-state index is 11.9. The normalized spacial score (nSPS) is 15.3. The molecule has 0 bridgehead atoms. The van der Waals surface area contributed by atoms with Gasteiger partial charge in [0.25, 0.3) is 11.1 Å². The monoisotopic (exact) mass is 410 g/mol. The van der Waals surface area contributed by atoms with Crippen molar-refractivity contribution >= 4 is 17.2 Å². The van der Waals surface area contributed by atoms with Crippen molar-refractivity contribution in [1.29, 1.82) is 0 Å². The van der Waals surface area contributed by atoms with E-state index in [1.54, 1.807) is 0 Å². The van der Waals surface area contributed by atoms with Crippen molar-refractivity contribution in [3.8, 4) is 16.7 Å². The maximum absolute atomic E-state index is 11.9. The van der Waals surface area contributed by atoms with Gasteiger partial charge >= 0.3 is 0 Å². The summed E-state index contributed by atoms with van der Waals surface area (Å²) in [4.78, 5) is 16.5. The van der Waals surface area contributed by atoms with Gasteiger partial charge in [-0.1, -0.05) is 35.6 Å². The van der Waals surface area contributed by atoms with E-state index >= 15 is 0 Å². The van der Waals surface area contributed by atoms with E-state index in [1.807, 2.05) is 30.3 Å².